The number of rotatable bonds is 7. The molecular weight excluding hydrogens is 360 g/mol. The fourth-order valence-electron chi connectivity index (χ4n) is 4.85. The van der Waals surface area contributed by atoms with Crippen molar-refractivity contribution in [3.05, 3.63) is 66.2 Å². The summed E-state index contributed by atoms with van der Waals surface area (Å²) in [6.45, 7) is 5.70. The van der Waals surface area contributed by atoms with E-state index in [2.05, 4.69) is 40.1 Å². The standard InChI is InChI=1S/C25H32N2O2/c28-24(13-19-29-23-10-5-2-6-11-23)27-18-15-25(21-27)14-7-16-26(20-25)17-12-22-8-3-1-4-9-22/h1-6,8-11H,7,12-21H2. The van der Waals surface area contributed by atoms with Gasteiger partial charge in [0, 0.05) is 31.6 Å². The first kappa shape index (κ1) is 20.0. The molecule has 2 fully saturated rings. The molecule has 2 aliphatic heterocycles. The summed E-state index contributed by atoms with van der Waals surface area (Å²) in [5.41, 5.74) is 1.71. The van der Waals surface area contributed by atoms with E-state index < -0.39 is 0 Å². The van der Waals surface area contributed by atoms with Crippen LogP contribution in [0.4, 0.5) is 0 Å². The summed E-state index contributed by atoms with van der Waals surface area (Å²) in [4.78, 5) is 17.4. The molecule has 29 heavy (non-hydrogen) atoms. The third-order valence-electron chi connectivity index (χ3n) is 6.42. The molecule has 0 radical (unpaired) electrons. The van der Waals surface area contributed by atoms with Gasteiger partial charge in [-0.2, -0.15) is 0 Å². The van der Waals surface area contributed by atoms with Gasteiger partial charge in [0.1, 0.15) is 5.75 Å². The number of piperidine rings is 1. The number of para-hydroxylation sites is 1. The molecule has 2 heterocycles. The molecule has 0 N–H and O–H groups in total. The highest BCUT2D eigenvalue weighted by Gasteiger charge is 2.42. The Morgan fingerprint density at radius 1 is 0.931 bits per heavy atom. The average molecular weight is 393 g/mol. The van der Waals surface area contributed by atoms with Gasteiger partial charge < -0.3 is 14.5 Å². The molecule has 154 valence electrons. The molecule has 4 heteroatoms. The highest BCUT2D eigenvalue weighted by Crippen LogP contribution is 2.39. The first-order chi connectivity index (χ1) is 14.2. The van der Waals surface area contributed by atoms with Crippen molar-refractivity contribution in [3.8, 4) is 5.75 Å². The normalized spacial score (nSPS) is 22.1. The highest BCUT2D eigenvalue weighted by molar-refractivity contribution is 5.76. The third kappa shape index (κ3) is 5.39. The second-order valence-electron chi connectivity index (χ2n) is 8.59. The van der Waals surface area contributed by atoms with E-state index in [1.54, 1.807) is 0 Å². The Hall–Kier alpha value is -2.33. The topological polar surface area (TPSA) is 32.8 Å². The summed E-state index contributed by atoms with van der Waals surface area (Å²) in [7, 11) is 0. The van der Waals surface area contributed by atoms with Crippen molar-refractivity contribution in [2.45, 2.75) is 32.1 Å². The number of carbonyl (C=O) groups is 1. The lowest BCUT2D eigenvalue weighted by atomic mass is 9.79. The fourth-order valence-corrected chi connectivity index (χ4v) is 4.85. The van der Waals surface area contributed by atoms with Crippen LogP contribution in [0.3, 0.4) is 0 Å². The Kier molecular flexibility index (Phi) is 6.50. The number of hydrogen-bond acceptors (Lipinski definition) is 3. The summed E-state index contributed by atoms with van der Waals surface area (Å²) in [6, 6.07) is 20.5. The van der Waals surface area contributed by atoms with Crippen LogP contribution in [0.5, 0.6) is 5.75 Å². The van der Waals surface area contributed by atoms with Gasteiger partial charge in [-0.15, -0.1) is 0 Å². The molecule has 0 bridgehead atoms. The van der Waals surface area contributed by atoms with Crippen LogP contribution >= 0.6 is 0 Å². The lowest BCUT2D eigenvalue weighted by molar-refractivity contribution is -0.131. The van der Waals surface area contributed by atoms with E-state index in [9.17, 15) is 4.79 Å². The predicted molar refractivity (Wildman–Crippen MR) is 116 cm³/mol. The molecule has 1 atom stereocenters. The van der Waals surface area contributed by atoms with Crippen molar-refractivity contribution in [1.29, 1.82) is 0 Å². The summed E-state index contributed by atoms with van der Waals surface area (Å²) in [5.74, 6) is 1.07. The smallest absolute Gasteiger partial charge is 0.226 e. The Labute approximate surface area is 174 Å². The minimum Gasteiger partial charge on any atom is -0.493 e. The van der Waals surface area contributed by atoms with Crippen LogP contribution in [0.25, 0.3) is 0 Å². The van der Waals surface area contributed by atoms with Crippen LogP contribution in [0.2, 0.25) is 0 Å². The lowest BCUT2D eigenvalue weighted by Gasteiger charge is -2.40. The zero-order valence-corrected chi connectivity index (χ0v) is 17.3. The highest BCUT2D eigenvalue weighted by atomic mass is 16.5. The molecule has 2 aromatic carbocycles. The van der Waals surface area contributed by atoms with E-state index in [0.29, 0.717) is 18.4 Å². The second-order valence-corrected chi connectivity index (χ2v) is 8.59. The largest absolute Gasteiger partial charge is 0.493 e. The van der Waals surface area contributed by atoms with E-state index in [1.165, 1.54) is 24.9 Å². The van der Waals surface area contributed by atoms with Crippen molar-refractivity contribution in [2.75, 3.05) is 39.3 Å². The number of nitrogens with zero attached hydrogens (tertiary/aromatic N) is 2. The van der Waals surface area contributed by atoms with Crippen molar-refractivity contribution in [1.82, 2.24) is 9.80 Å². The fraction of sp³-hybridized carbons (Fsp3) is 0.480. The number of likely N-dealkylation sites (tertiary alicyclic amines) is 2. The molecule has 0 aliphatic carbocycles. The van der Waals surface area contributed by atoms with Gasteiger partial charge in [0.2, 0.25) is 5.91 Å². The number of amides is 1. The van der Waals surface area contributed by atoms with Gasteiger partial charge in [0.15, 0.2) is 0 Å². The van der Waals surface area contributed by atoms with Crippen LogP contribution in [0.1, 0.15) is 31.2 Å². The third-order valence-corrected chi connectivity index (χ3v) is 6.42. The SMILES string of the molecule is O=C(CCOc1ccccc1)N1CCC2(CCCN(CCc3ccccc3)C2)C1. The zero-order valence-electron chi connectivity index (χ0n) is 17.3. The number of hydrogen-bond donors (Lipinski definition) is 0. The van der Waals surface area contributed by atoms with Crippen LogP contribution < -0.4 is 4.74 Å². The van der Waals surface area contributed by atoms with Crippen molar-refractivity contribution >= 4 is 5.91 Å². The molecule has 0 saturated carbocycles. The van der Waals surface area contributed by atoms with Crippen molar-refractivity contribution in [3.63, 3.8) is 0 Å². The van der Waals surface area contributed by atoms with Gasteiger partial charge in [-0.05, 0) is 49.9 Å². The lowest BCUT2D eigenvalue weighted by Crippen LogP contribution is -2.46. The van der Waals surface area contributed by atoms with Gasteiger partial charge in [-0.1, -0.05) is 48.5 Å². The van der Waals surface area contributed by atoms with E-state index in [4.69, 9.17) is 4.74 Å². The van der Waals surface area contributed by atoms with Gasteiger partial charge in [-0.3, -0.25) is 4.79 Å². The molecule has 4 nitrogen and oxygen atoms in total. The summed E-state index contributed by atoms with van der Waals surface area (Å²) < 4.78 is 5.71. The van der Waals surface area contributed by atoms with E-state index >= 15 is 0 Å². The zero-order chi connectivity index (χ0) is 19.9. The van der Waals surface area contributed by atoms with Gasteiger partial charge >= 0.3 is 0 Å². The molecular formula is C25H32N2O2. The maximum atomic E-state index is 12.7. The van der Waals surface area contributed by atoms with E-state index in [0.717, 1.165) is 44.8 Å². The number of carbonyl (C=O) groups excluding carboxylic acids is 1. The minimum atomic E-state index is 0.235. The monoisotopic (exact) mass is 392 g/mol. The van der Waals surface area contributed by atoms with Gasteiger partial charge in [-0.25, -0.2) is 0 Å². The van der Waals surface area contributed by atoms with Crippen LogP contribution in [0, 0.1) is 5.41 Å². The molecule has 4 rings (SSSR count). The van der Waals surface area contributed by atoms with Crippen molar-refractivity contribution in [2.24, 2.45) is 5.41 Å². The first-order valence-corrected chi connectivity index (χ1v) is 10.9. The summed E-state index contributed by atoms with van der Waals surface area (Å²) in [6.07, 6.45) is 5.20. The maximum absolute atomic E-state index is 12.7. The molecule has 0 aromatic heterocycles. The Balaban J connectivity index is 1.23. The van der Waals surface area contributed by atoms with Crippen LogP contribution in [-0.2, 0) is 11.2 Å². The molecule has 1 amide bonds. The molecule has 2 aliphatic rings. The van der Waals surface area contributed by atoms with Gasteiger partial charge in [0.25, 0.3) is 0 Å². The minimum absolute atomic E-state index is 0.235. The van der Waals surface area contributed by atoms with Crippen LogP contribution in [0.15, 0.2) is 60.7 Å². The van der Waals surface area contributed by atoms with E-state index in [-0.39, 0.29) is 5.91 Å². The summed E-state index contributed by atoms with van der Waals surface area (Å²) >= 11 is 0. The number of benzene rings is 2. The van der Waals surface area contributed by atoms with Gasteiger partial charge in [0.05, 0.1) is 13.0 Å². The first-order valence-electron chi connectivity index (χ1n) is 10.9. The molecule has 2 saturated heterocycles. The van der Waals surface area contributed by atoms with Crippen molar-refractivity contribution < 1.29 is 9.53 Å². The number of ether oxygens (including phenoxy) is 1. The van der Waals surface area contributed by atoms with Crippen LogP contribution in [-0.4, -0.2) is 55.0 Å². The average Bonchev–Trinajstić information content (AvgIpc) is 3.17. The Bertz CT molecular complexity index is 780. The second kappa shape index (κ2) is 9.45. The molecule has 1 unspecified atom stereocenters. The summed E-state index contributed by atoms with van der Waals surface area (Å²) in [5, 5.41) is 0. The maximum Gasteiger partial charge on any atom is 0.226 e. The Morgan fingerprint density at radius 2 is 1.69 bits per heavy atom. The predicted octanol–water partition coefficient (Wildman–Crippen LogP) is 4.01. The molecule has 2 aromatic rings. The molecule has 1 spiro atoms. The van der Waals surface area contributed by atoms with E-state index in [1.807, 2.05) is 30.3 Å². The quantitative estimate of drug-likeness (QED) is 0.714. The Morgan fingerprint density at radius 3 is 2.48 bits per heavy atom.